The number of nitrogens with zero attached hydrogens (tertiary/aromatic N) is 2. The van der Waals surface area contributed by atoms with E-state index >= 15 is 0 Å². The summed E-state index contributed by atoms with van der Waals surface area (Å²) < 4.78 is 11.2. The highest BCUT2D eigenvalue weighted by Gasteiger charge is 2.19. The molecule has 1 atom stereocenters. The first-order valence-electron chi connectivity index (χ1n) is 9.70. The standard InChI is InChI=1S/C20H33N3O3/c1-4-17(3)21-20(24)16-23-12-10-22(11-13-23)14-15-26-19-8-6-18(7-9-19)25-5-2/h6-9,17H,4-5,10-16H2,1-3H3,(H,21,24). The quantitative estimate of drug-likeness (QED) is 0.689. The van der Waals surface area contributed by atoms with Crippen molar-refractivity contribution < 1.29 is 14.3 Å². The van der Waals surface area contributed by atoms with E-state index in [9.17, 15) is 4.79 Å². The van der Waals surface area contributed by atoms with Crippen LogP contribution >= 0.6 is 0 Å². The van der Waals surface area contributed by atoms with E-state index in [0.717, 1.165) is 50.6 Å². The molecule has 6 heteroatoms. The van der Waals surface area contributed by atoms with Gasteiger partial charge in [0.25, 0.3) is 0 Å². The molecule has 0 spiro atoms. The van der Waals surface area contributed by atoms with Crippen molar-refractivity contribution in [2.75, 3.05) is 52.5 Å². The third-order valence-electron chi connectivity index (χ3n) is 4.66. The summed E-state index contributed by atoms with van der Waals surface area (Å²) in [5.74, 6) is 1.87. The first-order valence-corrected chi connectivity index (χ1v) is 9.70. The SMILES string of the molecule is CCOc1ccc(OCCN2CCN(CC(=O)NC(C)CC)CC2)cc1. The molecule has 1 aromatic carbocycles. The van der Waals surface area contributed by atoms with Crippen LogP contribution in [-0.2, 0) is 4.79 Å². The van der Waals surface area contributed by atoms with Crippen LogP contribution in [0.4, 0.5) is 0 Å². The maximum Gasteiger partial charge on any atom is 0.234 e. The lowest BCUT2D eigenvalue weighted by atomic mass is 10.2. The van der Waals surface area contributed by atoms with Crippen molar-refractivity contribution in [3.05, 3.63) is 24.3 Å². The van der Waals surface area contributed by atoms with E-state index in [2.05, 4.69) is 22.0 Å². The molecule has 1 fully saturated rings. The van der Waals surface area contributed by atoms with Crippen LogP contribution in [0.1, 0.15) is 27.2 Å². The van der Waals surface area contributed by atoms with Crippen LogP contribution in [0.2, 0.25) is 0 Å². The molecule has 1 aliphatic rings. The number of rotatable bonds is 10. The number of carbonyl (C=O) groups excluding carboxylic acids is 1. The Balaban J connectivity index is 1.60. The molecule has 1 heterocycles. The van der Waals surface area contributed by atoms with E-state index in [1.54, 1.807) is 0 Å². The molecule has 1 amide bonds. The van der Waals surface area contributed by atoms with Gasteiger partial charge in [0.2, 0.25) is 5.91 Å². The molecular weight excluding hydrogens is 330 g/mol. The second-order valence-corrected chi connectivity index (χ2v) is 6.75. The Morgan fingerprint density at radius 2 is 1.62 bits per heavy atom. The Bertz CT molecular complexity index is 528. The number of nitrogens with one attached hydrogen (secondary N) is 1. The van der Waals surface area contributed by atoms with Crippen molar-refractivity contribution in [1.82, 2.24) is 15.1 Å². The Kier molecular flexibility index (Phi) is 8.71. The van der Waals surface area contributed by atoms with Gasteiger partial charge in [-0.2, -0.15) is 0 Å². The van der Waals surface area contributed by atoms with Crippen LogP contribution in [0.15, 0.2) is 24.3 Å². The molecular formula is C20H33N3O3. The van der Waals surface area contributed by atoms with Gasteiger partial charge in [-0.1, -0.05) is 6.92 Å². The summed E-state index contributed by atoms with van der Waals surface area (Å²) in [4.78, 5) is 16.6. The minimum Gasteiger partial charge on any atom is -0.494 e. The van der Waals surface area contributed by atoms with E-state index < -0.39 is 0 Å². The zero-order valence-electron chi connectivity index (χ0n) is 16.4. The van der Waals surface area contributed by atoms with Gasteiger partial charge in [-0.3, -0.25) is 14.6 Å². The molecule has 1 aliphatic heterocycles. The minimum absolute atomic E-state index is 0.131. The van der Waals surface area contributed by atoms with E-state index in [1.165, 1.54) is 0 Å². The molecule has 2 rings (SSSR count). The third kappa shape index (κ3) is 7.22. The summed E-state index contributed by atoms with van der Waals surface area (Å²) in [6.07, 6.45) is 0.966. The molecule has 0 saturated carbocycles. The zero-order valence-corrected chi connectivity index (χ0v) is 16.4. The lowest BCUT2D eigenvalue weighted by Crippen LogP contribution is -2.50. The molecule has 0 aliphatic carbocycles. The Morgan fingerprint density at radius 1 is 1.04 bits per heavy atom. The summed E-state index contributed by atoms with van der Waals surface area (Å²) in [7, 11) is 0. The molecule has 0 aromatic heterocycles. The highest BCUT2D eigenvalue weighted by atomic mass is 16.5. The predicted molar refractivity (Wildman–Crippen MR) is 104 cm³/mol. The van der Waals surface area contributed by atoms with Crippen LogP contribution in [0, 0.1) is 0 Å². The Morgan fingerprint density at radius 3 is 2.19 bits per heavy atom. The fourth-order valence-electron chi connectivity index (χ4n) is 2.89. The smallest absolute Gasteiger partial charge is 0.234 e. The number of carbonyl (C=O) groups is 1. The maximum atomic E-state index is 12.0. The summed E-state index contributed by atoms with van der Waals surface area (Å²) >= 11 is 0. The van der Waals surface area contributed by atoms with Gasteiger partial charge in [-0.15, -0.1) is 0 Å². The van der Waals surface area contributed by atoms with Crippen molar-refractivity contribution in [2.45, 2.75) is 33.2 Å². The number of hydrogen-bond donors (Lipinski definition) is 1. The van der Waals surface area contributed by atoms with Crippen molar-refractivity contribution >= 4 is 5.91 Å². The molecule has 6 nitrogen and oxygen atoms in total. The molecule has 26 heavy (non-hydrogen) atoms. The van der Waals surface area contributed by atoms with Gasteiger partial charge < -0.3 is 14.8 Å². The van der Waals surface area contributed by atoms with Gasteiger partial charge >= 0.3 is 0 Å². The minimum atomic E-state index is 0.131. The number of benzene rings is 1. The maximum absolute atomic E-state index is 12.0. The number of amides is 1. The average molecular weight is 364 g/mol. The average Bonchev–Trinajstić information content (AvgIpc) is 2.64. The largest absolute Gasteiger partial charge is 0.494 e. The Hall–Kier alpha value is -1.79. The second-order valence-electron chi connectivity index (χ2n) is 6.75. The fraction of sp³-hybridized carbons (Fsp3) is 0.650. The first kappa shape index (κ1) is 20.5. The van der Waals surface area contributed by atoms with E-state index in [4.69, 9.17) is 9.47 Å². The number of hydrogen-bond acceptors (Lipinski definition) is 5. The molecule has 0 bridgehead atoms. The van der Waals surface area contributed by atoms with Gasteiger partial charge in [0, 0.05) is 38.8 Å². The number of piperazine rings is 1. The molecule has 1 aromatic rings. The molecule has 0 radical (unpaired) electrons. The van der Waals surface area contributed by atoms with Crippen LogP contribution in [0.5, 0.6) is 11.5 Å². The van der Waals surface area contributed by atoms with Crippen molar-refractivity contribution in [1.29, 1.82) is 0 Å². The van der Waals surface area contributed by atoms with Gasteiger partial charge in [-0.25, -0.2) is 0 Å². The van der Waals surface area contributed by atoms with E-state index in [1.807, 2.05) is 38.1 Å². The first-order chi connectivity index (χ1) is 12.6. The van der Waals surface area contributed by atoms with Crippen LogP contribution in [0.3, 0.4) is 0 Å². The van der Waals surface area contributed by atoms with E-state index in [0.29, 0.717) is 19.8 Å². The predicted octanol–water partition coefficient (Wildman–Crippen LogP) is 2.00. The molecule has 146 valence electrons. The summed E-state index contributed by atoms with van der Waals surface area (Å²) in [6, 6.07) is 8.01. The lowest BCUT2D eigenvalue weighted by molar-refractivity contribution is -0.123. The van der Waals surface area contributed by atoms with Crippen molar-refractivity contribution in [3.8, 4) is 11.5 Å². The summed E-state index contributed by atoms with van der Waals surface area (Å²) in [6.45, 7) is 12.6. The van der Waals surface area contributed by atoms with Gasteiger partial charge in [0.1, 0.15) is 18.1 Å². The van der Waals surface area contributed by atoms with Gasteiger partial charge in [0.05, 0.1) is 13.2 Å². The van der Waals surface area contributed by atoms with Gasteiger partial charge in [0.15, 0.2) is 0 Å². The zero-order chi connectivity index (χ0) is 18.8. The van der Waals surface area contributed by atoms with Crippen molar-refractivity contribution in [2.24, 2.45) is 0 Å². The van der Waals surface area contributed by atoms with Gasteiger partial charge in [-0.05, 0) is 44.5 Å². The lowest BCUT2D eigenvalue weighted by Gasteiger charge is -2.34. The Labute approximate surface area is 157 Å². The van der Waals surface area contributed by atoms with E-state index in [-0.39, 0.29) is 11.9 Å². The highest BCUT2D eigenvalue weighted by molar-refractivity contribution is 5.78. The molecule has 1 saturated heterocycles. The molecule has 1 N–H and O–H groups in total. The number of ether oxygens (including phenoxy) is 2. The molecule has 1 unspecified atom stereocenters. The fourth-order valence-corrected chi connectivity index (χ4v) is 2.89. The van der Waals surface area contributed by atoms with Crippen LogP contribution < -0.4 is 14.8 Å². The highest BCUT2D eigenvalue weighted by Crippen LogP contribution is 2.17. The van der Waals surface area contributed by atoms with Crippen LogP contribution in [0.25, 0.3) is 0 Å². The third-order valence-corrected chi connectivity index (χ3v) is 4.66. The van der Waals surface area contributed by atoms with Crippen LogP contribution in [-0.4, -0.2) is 74.2 Å². The van der Waals surface area contributed by atoms with Crippen molar-refractivity contribution in [3.63, 3.8) is 0 Å². The normalized spacial score (nSPS) is 16.9. The topological polar surface area (TPSA) is 54.0 Å². The second kappa shape index (κ2) is 11.0. The summed E-state index contributed by atoms with van der Waals surface area (Å²) in [5, 5.41) is 3.03. The summed E-state index contributed by atoms with van der Waals surface area (Å²) in [5.41, 5.74) is 0. The monoisotopic (exact) mass is 363 g/mol.